The summed E-state index contributed by atoms with van der Waals surface area (Å²) in [5, 5.41) is 2.53. The van der Waals surface area contributed by atoms with E-state index < -0.39 is 24.0 Å². The second-order valence-electron chi connectivity index (χ2n) is 8.82. The summed E-state index contributed by atoms with van der Waals surface area (Å²) in [6.45, 7) is 0.182. The number of rotatable bonds is 9. The molecule has 0 radical (unpaired) electrons. The van der Waals surface area contributed by atoms with Crippen molar-refractivity contribution in [2.24, 2.45) is 5.73 Å². The van der Waals surface area contributed by atoms with E-state index in [2.05, 4.69) is 5.32 Å². The number of amides is 2. The fourth-order valence-electron chi connectivity index (χ4n) is 4.60. The average molecular weight is 503 g/mol. The van der Waals surface area contributed by atoms with Gasteiger partial charge in [0.1, 0.15) is 19.3 Å². The predicted octanol–water partition coefficient (Wildman–Crippen LogP) is 3.63. The van der Waals surface area contributed by atoms with Crippen LogP contribution in [0, 0.1) is 0 Å². The summed E-state index contributed by atoms with van der Waals surface area (Å²) in [6.07, 6.45) is -0.899. The van der Waals surface area contributed by atoms with Crippen molar-refractivity contribution < 1.29 is 33.3 Å². The highest BCUT2D eigenvalue weighted by atomic mass is 16.7. The van der Waals surface area contributed by atoms with Crippen LogP contribution in [0.15, 0.2) is 66.7 Å². The number of alkyl carbamates (subject to hydrolysis) is 1. The molecule has 2 amide bonds. The van der Waals surface area contributed by atoms with Crippen LogP contribution in [-0.2, 0) is 25.7 Å². The Morgan fingerprint density at radius 2 is 1.59 bits per heavy atom. The third-order valence-corrected chi connectivity index (χ3v) is 6.42. The van der Waals surface area contributed by atoms with Crippen molar-refractivity contribution in [3.8, 4) is 22.6 Å². The summed E-state index contributed by atoms with van der Waals surface area (Å²) in [4.78, 5) is 36.8. The minimum Gasteiger partial charge on any atom is -0.459 e. The smallest absolute Gasteiger partial charge is 0.407 e. The minimum absolute atomic E-state index is 0.0144. The molecule has 2 aliphatic rings. The molecule has 9 nitrogen and oxygen atoms in total. The molecule has 0 saturated carbocycles. The van der Waals surface area contributed by atoms with Crippen molar-refractivity contribution in [2.45, 2.75) is 31.4 Å². The molecule has 3 aromatic carbocycles. The highest BCUT2D eigenvalue weighted by Gasteiger charge is 2.30. The number of nitrogens with two attached hydrogens (primary N) is 1. The van der Waals surface area contributed by atoms with Crippen LogP contribution >= 0.6 is 0 Å². The van der Waals surface area contributed by atoms with E-state index in [1.54, 1.807) is 18.2 Å². The molecule has 5 rings (SSSR count). The lowest BCUT2D eigenvalue weighted by Gasteiger charge is -2.19. The first-order chi connectivity index (χ1) is 18.0. The zero-order valence-electron chi connectivity index (χ0n) is 20.0. The molecule has 3 aromatic rings. The van der Waals surface area contributed by atoms with E-state index in [-0.39, 0.29) is 38.8 Å². The Kier molecular flexibility index (Phi) is 6.93. The third-order valence-electron chi connectivity index (χ3n) is 6.42. The van der Waals surface area contributed by atoms with E-state index in [1.165, 1.54) is 0 Å². The zero-order valence-corrected chi connectivity index (χ0v) is 20.0. The van der Waals surface area contributed by atoms with Crippen LogP contribution in [0.2, 0.25) is 0 Å². The lowest BCUT2D eigenvalue weighted by molar-refractivity contribution is -0.147. The van der Waals surface area contributed by atoms with Gasteiger partial charge in [-0.25, -0.2) is 9.59 Å². The zero-order chi connectivity index (χ0) is 25.8. The van der Waals surface area contributed by atoms with Crippen LogP contribution in [0.4, 0.5) is 4.79 Å². The van der Waals surface area contributed by atoms with E-state index in [4.69, 9.17) is 24.7 Å². The topological polar surface area (TPSA) is 126 Å². The number of carbonyl (C=O) groups is 3. The summed E-state index contributed by atoms with van der Waals surface area (Å²) in [5.41, 5.74) is 10.3. The minimum atomic E-state index is -1.10. The van der Waals surface area contributed by atoms with Crippen molar-refractivity contribution in [2.75, 3.05) is 13.4 Å². The normalized spacial score (nSPS) is 13.8. The molecular weight excluding hydrogens is 476 g/mol. The number of esters is 1. The third kappa shape index (κ3) is 5.35. The maximum absolute atomic E-state index is 12.8. The van der Waals surface area contributed by atoms with E-state index in [0.29, 0.717) is 17.1 Å². The van der Waals surface area contributed by atoms with Gasteiger partial charge in [0, 0.05) is 12.3 Å². The summed E-state index contributed by atoms with van der Waals surface area (Å²) in [6, 6.07) is 20.1. The van der Waals surface area contributed by atoms with Crippen LogP contribution in [0.1, 0.15) is 35.4 Å². The molecule has 0 fully saturated rings. The number of ether oxygens (including phenoxy) is 4. The number of benzene rings is 3. The van der Waals surface area contributed by atoms with Crippen LogP contribution < -0.4 is 20.5 Å². The molecule has 1 atom stereocenters. The Morgan fingerprint density at radius 1 is 0.919 bits per heavy atom. The Bertz CT molecular complexity index is 1290. The lowest BCUT2D eigenvalue weighted by Crippen LogP contribution is -2.43. The number of hydrogen-bond donors (Lipinski definition) is 2. The summed E-state index contributed by atoms with van der Waals surface area (Å²) >= 11 is 0. The van der Waals surface area contributed by atoms with Gasteiger partial charge in [-0.2, -0.15) is 0 Å². The van der Waals surface area contributed by atoms with Crippen molar-refractivity contribution in [1.29, 1.82) is 0 Å². The van der Waals surface area contributed by atoms with Gasteiger partial charge in [-0.05, 0) is 46.4 Å². The molecule has 9 heteroatoms. The van der Waals surface area contributed by atoms with Crippen LogP contribution in [0.5, 0.6) is 11.5 Å². The van der Waals surface area contributed by atoms with Crippen LogP contribution in [0.25, 0.3) is 11.1 Å². The Balaban J connectivity index is 1.21. The van der Waals surface area contributed by atoms with E-state index in [0.717, 1.165) is 22.3 Å². The first-order valence-corrected chi connectivity index (χ1v) is 11.9. The van der Waals surface area contributed by atoms with Gasteiger partial charge in [0.15, 0.2) is 11.5 Å². The molecule has 0 aromatic heterocycles. The van der Waals surface area contributed by atoms with Crippen molar-refractivity contribution in [3.05, 3.63) is 83.4 Å². The van der Waals surface area contributed by atoms with Gasteiger partial charge < -0.3 is 30.0 Å². The molecule has 37 heavy (non-hydrogen) atoms. The van der Waals surface area contributed by atoms with E-state index >= 15 is 0 Å². The molecule has 1 aliphatic carbocycles. The molecule has 0 unspecified atom stereocenters. The molecule has 190 valence electrons. The molecule has 0 saturated heterocycles. The molecule has 0 bridgehead atoms. The maximum Gasteiger partial charge on any atom is 0.407 e. The highest BCUT2D eigenvalue weighted by Crippen LogP contribution is 2.44. The molecule has 1 aliphatic heterocycles. The quantitative estimate of drug-likeness (QED) is 0.428. The Hall–Kier alpha value is -4.53. The first-order valence-electron chi connectivity index (χ1n) is 11.9. The second-order valence-corrected chi connectivity index (χ2v) is 8.82. The maximum atomic E-state index is 12.8. The standard InChI is InChI=1S/C28H26N2O7/c29-26(31)12-10-23(27(32)34-14-17-9-11-24-25(13-17)37-16-36-24)30-28(33)35-15-22-20-7-3-1-5-18(20)19-6-2-4-8-21(19)22/h1-9,11,13,22-23H,10,12,14-16H2,(H2,29,31)(H,30,33)/t23-/m0/s1. The van der Waals surface area contributed by atoms with Crippen molar-refractivity contribution in [1.82, 2.24) is 5.32 Å². The second kappa shape index (κ2) is 10.6. The lowest BCUT2D eigenvalue weighted by atomic mass is 9.98. The molecule has 3 N–H and O–H groups in total. The number of primary amides is 1. The largest absolute Gasteiger partial charge is 0.459 e. The first kappa shape index (κ1) is 24.2. The van der Waals surface area contributed by atoms with Gasteiger partial charge in [0.05, 0.1) is 0 Å². The summed E-state index contributed by atoms with van der Waals surface area (Å²) in [7, 11) is 0. The van der Waals surface area contributed by atoms with E-state index in [1.807, 2.05) is 48.5 Å². The van der Waals surface area contributed by atoms with Gasteiger partial charge in [-0.1, -0.05) is 54.6 Å². The Morgan fingerprint density at radius 3 is 2.30 bits per heavy atom. The van der Waals surface area contributed by atoms with Crippen LogP contribution in [0.3, 0.4) is 0 Å². The fraction of sp³-hybridized carbons (Fsp3) is 0.250. The average Bonchev–Trinajstić information content (AvgIpc) is 3.50. The number of carbonyl (C=O) groups excluding carboxylic acids is 3. The van der Waals surface area contributed by atoms with Gasteiger partial charge in [0.2, 0.25) is 12.7 Å². The molecule has 0 spiro atoms. The number of fused-ring (bicyclic) bond motifs is 4. The van der Waals surface area contributed by atoms with Gasteiger partial charge in [0.25, 0.3) is 0 Å². The van der Waals surface area contributed by atoms with E-state index in [9.17, 15) is 14.4 Å². The van der Waals surface area contributed by atoms with Crippen molar-refractivity contribution in [3.63, 3.8) is 0 Å². The number of hydrogen-bond acceptors (Lipinski definition) is 7. The SMILES string of the molecule is NC(=O)CC[C@H](NC(=O)OCC1c2ccccc2-c2ccccc21)C(=O)OCc1ccc2c(c1)OCO2. The summed E-state index contributed by atoms with van der Waals surface area (Å²) < 4.78 is 21.5. The van der Waals surface area contributed by atoms with Gasteiger partial charge in [-0.15, -0.1) is 0 Å². The van der Waals surface area contributed by atoms with Crippen molar-refractivity contribution >= 4 is 18.0 Å². The molecular formula is C28H26N2O7. The predicted molar refractivity (Wildman–Crippen MR) is 133 cm³/mol. The fourth-order valence-corrected chi connectivity index (χ4v) is 4.60. The van der Waals surface area contributed by atoms with Gasteiger partial charge >= 0.3 is 12.1 Å². The monoisotopic (exact) mass is 502 g/mol. The highest BCUT2D eigenvalue weighted by molar-refractivity contribution is 5.83. The van der Waals surface area contributed by atoms with Crippen LogP contribution in [-0.4, -0.2) is 37.4 Å². The van der Waals surface area contributed by atoms with Gasteiger partial charge in [-0.3, -0.25) is 4.79 Å². The molecule has 1 heterocycles. The Labute approximate surface area is 213 Å². The summed E-state index contributed by atoms with van der Waals surface area (Å²) in [5.74, 6) is -0.238. The number of nitrogens with one attached hydrogen (secondary N) is 1.